The first-order valence-corrected chi connectivity index (χ1v) is 9.81. The molecular weight excluding hydrogens is 342 g/mol. The third-order valence-electron chi connectivity index (χ3n) is 4.59. The van der Waals surface area contributed by atoms with Gasteiger partial charge in [0.2, 0.25) is 4.80 Å². The fraction of sp³-hybridized carbons (Fsp3) is 0.286. The van der Waals surface area contributed by atoms with Gasteiger partial charge in [-0.15, -0.1) is 11.3 Å². The van der Waals surface area contributed by atoms with Crippen molar-refractivity contribution in [3.05, 3.63) is 69.8 Å². The zero-order valence-corrected chi connectivity index (χ0v) is 16.0. The highest BCUT2D eigenvalue weighted by Crippen LogP contribution is 2.23. The lowest BCUT2D eigenvalue weighted by molar-refractivity contribution is 0.111. The van der Waals surface area contributed by atoms with Crippen molar-refractivity contribution in [1.29, 1.82) is 0 Å². The molecule has 134 valence electrons. The Labute approximate surface area is 158 Å². The summed E-state index contributed by atoms with van der Waals surface area (Å²) in [7, 11) is 0. The van der Waals surface area contributed by atoms with Gasteiger partial charge < -0.3 is 9.75 Å². The van der Waals surface area contributed by atoms with Gasteiger partial charge in [-0.2, -0.15) is 0 Å². The van der Waals surface area contributed by atoms with Gasteiger partial charge in [-0.25, -0.2) is 9.67 Å². The fourth-order valence-electron chi connectivity index (χ4n) is 3.25. The highest BCUT2D eigenvalue weighted by atomic mass is 32.1. The summed E-state index contributed by atoms with van der Waals surface area (Å²) in [5, 5.41) is 4.54. The van der Waals surface area contributed by atoms with Crippen LogP contribution in [0.15, 0.2) is 58.9 Å². The smallest absolute Gasteiger partial charge is 0.209 e. The summed E-state index contributed by atoms with van der Waals surface area (Å²) >= 11 is 1.69. The molecule has 0 atom stereocenters. The zero-order valence-electron chi connectivity index (χ0n) is 15.2. The molecule has 2 aromatic carbocycles. The topological polar surface area (TPSA) is 29.8 Å². The first-order valence-electron chi connectivity index (χ1n) is 8.93. The van der Waals surface area contributed by atoms with Crippen LogP contribution in [0.2, 0.25) is 0 Å². The number of hydrogen-bond donors (Lipinski definition) is 0. The maximum Gasteiger partial charge on any atom is 0.209 e. The van der Waals surface area contributed by atoms with E-state index in [0.29, 0.717) is 0 Å². The predicted molar refractivity (Wildman–Crippen MR) is 108 cm³/mol. The lowest BCUT2D eigenvalue weighted by atomic mass is 10.1. The quantitative estimate of drug-likeness (QED) is 0.701. The van der Waals surface area contributed by atoms with Crippen LogP contribution in [0.5, 0.6) is 0 Å². The molecule has 0 unspecified atom stereocenters. The van der Waals surface area contributed by atoms with E-state index in [-0.39, 0.29) is 0 Å². The summed E-state index contributed by atoms with van der Waals surface area (Å²) in [4.78, 5) is 6.00. The molecule has 1 aromatic heterocycles. The highest BCUT2D eigenvalue weighted by Gasteiger charge is 2.17. The maximum absolute atomic E-state index is 5.55. The molecular formula is C21H23N3OS. The number of hydrogen-bond acceptors (Lipinski definition) is 4. The molecule has 1 saturated heterocycles. The Bertz CT molecular complexity index is 953. The van der Waals surface area contributed by atoms with Crippen LogP contribution >= 0.6 is 11.3 Å². The van der Waals surface area contributed by atoms with E-state index >= 15 is 0 Å². The average molecular weight is 366 g/mol. The van der Waals surface area contributed by atoms with Crippen molar-refractivity contribution in [3.8, 4) is 11.3 Å². The minimum atomic E-state index is 0.750. The van der Waals surface area contributed by atoms with Crippen molar-refractivity contribution in [2.75, 3.05) is 31.3 Å². The molecule has 5 heteroatoms. The van der Waals surface area contributed by atoms with E-state index in [1.165, 1.54) is 22.4 Å². The Kier molecular flexibility index (Phi) is 4.91. The van der Waals surface area contributed by atoms with Gasteiger partial charge in [-0.05, 0) is 25.5 Å². The molecule has 0 radical (unpaired) electrons. The monoisotopic (exact) mass is 365 g/mol. The van der Waals surface area contributed by atoms with E-state index in [4.69, 9.17) is 9.73 Å². The van der Waals surface area contributed by atoms with Crippen LogP contribution in [-0.2, 0) is 4.74 Å². The second-order valence-electron chi connectivity index (χ2n) is 6.55. The van der Waals surface area contributed by atoms with Crippen molar-refractivity contribution >= 4 is 17.0 Å². The highest BCUT2D eigenvalue weighted by molar-refractivity contribution is 7.07. The molecule has 0 amide bonds. The number of aryl methyl sites for hydroxylation is 2. The van der Waals surface area contributed by atoms with Crippen LogP contribution < -0.4 is 9.81 Å². The van der Waals surface area contributed by atoms with Crippen LogP contribution in [0.4, 0.5) is 5.69 Å². The fourth-order valence-corrected chi connectivity index (χ4v) is 4.16. The molecule has 4 rings (SSSR count). The van der Waals surface area contributed by atoms with Crippen molar-refractivity contribution in [1.82, 2.24) is 4.68 Å². The Morgan fingerprint density at radius 3 is 2.50 bits per heavy atom. The predicted octanol–water partition coefficient (Wildman–Crippen LogP) is 4.03. The van der Waals surface area contributed by atoms with Gasteiger partial charge in [-0.1, -0.05) is 48.0 Å². The van der Waals surface area contributed by atoms with Crippen molar-refractivity contribution < 1.29 is 4.74 Å². The Hall–Kier alpha value is -2.37. The molecule has 1 aliphatic rings. The van der Waals surface area contributed by atoms with Crippen LogP contribution in [0, 0.1) is 13.8 Å². The van der Waals surface area contributed by atoms with E-state index in [2.05, 4.69) is 77.4 Å². The summed E-state index contributed by atoms with van der Waals surface area (Å²) < 4.78 is 7.82. The Balaban J connectivity index is 1.86. The van der Waals surface area contributed by atoms with E-state index in [0.717, 1.165) is 36.8 Å². The second kappa shape index (κ2) is 7.48. The van der Waals surface area contributed by atoms with Gasteiger partial charge in [0.1, 0.15) is 0 Å². The number of ether oxygens (including phenoxy) is 1. The second-order valence-corrected chi connectivity index (χ2v) is 7.39. The lowest BCUT2D eigenvalue weighted by Gasteiger charge is -2.31. The summed E-state index contributed by atoms with van der Waals surface area (Å²) in [6.07, 6.45) is 0. The number of rotatable bonds is 3. The maximum atomic E-state index is 5.55. The normalized spacial score (nSPS) is 15.5. The zero-order chi connectivity index (χ0) is 17.9. The third-order valence-corrected chi connectivity index (χ3v) is 5.41. The van der Waals surface area contributed by atoms with Crippen LogP contribution in [0.1, 0.15) is 11.1 Å². The van der Waals surface area contributed by atoms with E-state index < -0.39 is 0 Å². The number of morpholine rings is 1. The summed E-state index contributed by atoms with van der Waals surface area (Å²) in [6, 6.07) is 16.9. The van der Waals surface area contributed by atoms with Gasteiger partial charge >= 0.3 is 0 Å². The molecule has 0 spiro atoms. The molecule has 26 heavy (non-hydrogen) atoms. The van der Waals surface area contributed by atoms with Gasteiger partial charge in [0.05, 0.1) is 37.7 Å². The molecule has 1 fully saturated rings. The largest absolute Gasteiger partial charge is 0.378 e. The standard InChI is InChI=1S/C21H23N3OS/c1-16-8-9-19(17(2)14-16)22-21-24(23-10-12-25-13-11-23)20(15-26-21)18-6-4-3-5-7-18/h3-9,14-15H,10-13H2,1-2H3. The SMILES string of the molecule is Cc1ccc(N=c2scc(-c3ccccc3)n2N2CCOCC2)c(C)c1. The molecule has 0 N–H and O–H groups in total. The van der Waals surface area contributed by atoms with Crippen molar-refractivity contribution in [3.63, 3.8) is 0 Å². The van der Waals surface area contributed by atoms with Gasteiger partial charge in [0, 0.05) is 10.9 Å². The minimum absolute atomic E-state index is 0.750. The Morgan fingerprint density at radius 2 is 1.77 bits per heavy atom. The van der Waals surface area contributed by atoms with Crippen LogP contribution in [0.25, 0.3) is 11.3 Å². The first-order chi connectivity index (χ1) is 12.7. The lowest BCUT2D eigenvalue weighted by Crippen LogP contribution is -2.48. The number of nitrogens with zero attached hydrogens (tertiary/aromatic N) is 3. The Morgan fingerprint density at radius 1 is 1.00 bits per heavy atom. The molecule has 2 heterocycles. The molecule has 0 bridgehead atoms. The molecule has 4 nitrogen and oxygen atoms in total. The van der Waals surface area contributed by atoms with Crippen molar-refractivity contribution in [2.45, 2.75) is 13.8 Å². The summed E-state index contributed by atoms with van der Waals surface area (Å²) in [5.41, 5.74) is 5.88. The third kappa shape index (κ3) is 3.45. The molecule has 0 aliphatic carbocycles. The molecule has 1 aliphatic heterocycles. The van der Waals surface area contributed by atoms with Crippen LogP contribution in [-0.4, -0.2) is 31.0 Å². The molecule has 0 saturated carbocycles. The van der Waals surface area contributed by atoms with Gasteiger partial charge in [-0.3, -0.25) is 0 Å². The van der Waals surface area contributed by atoms with E-state index in [1.54, 1.807) is 11.3 Å². The molecule has 3 aromatic rings. The summed E-state index contributed by atoms with van der Waals surface area (Å²) in [5.74, 6) is 0. The van der Waals surface area contributed by atoms with E-state index in [1.807, 2.05) is 0 Å². The number of benzene rings is 2. The summed E-state index contributed by atoms with van der Waals surface area (Å²) in [6.45, 7) is 7.48. The number of aromatic nitrogens is 1. The first kappa shape index (κ1) is 17.1. The minimum Gasteiger partial charge on any atom is -0.378 e. The van der Waals surface area contributed by atoms with Gasteiger partial charge in [0.15, 0.2) is 0 Å². The van der Waals surface area contributed by atoms with E-state index in [9.17, 15) is 0 Å². The number of thiazole rings is 1. The van der Waals surface area contributed by atoms with Crippen LogP contribution in [0.3, 0.4) is 0 Å². The van der Waals surface area contributed by atoms with Gasteiger partial charge in [0.25, 0.3) is 0 Å². The van der Waals surface area contributed by atoms with Crippen molar-refractivity contribution in [2.24, 2.45) is 4.99 Å². The average Bonchev–Trinajstić information content (AvgIpc) is 3.09.